The number of amides is 1. The van der Waals surface area contributed by atoms with E-state index in [1.165, 1.54) is 0 Å². The van der Waals surface area contributed by atoms with Gasteiger partial charge in [0.2, 0.25) is 0 Å². The number of pyridine rings is 1. The molecule has 86 valence electrons. The van der Waals surface area contributed by atoms with E-state index >= 15 is 0 Å². The molecule has 1 atom stereocenters. The number of carbonyl (C=O) groups is 1. The molecule has 1 aliphatic rings. The quantitative estimate of drug-likeness (QED) is 0.767. The van der Waals surface area contributed by atoms with Gasteiger partial charge in [-0.2, -0.15) is 0 Å². The van der Waals surface area contributed by atoms with Crippen molar-refractivity contribution < 1.29 is 9.90 Å². The molecule has 1 aliphatic heterocycles. The van der Waals surface area contributed by atoms with Gasteiger partial charge in [0.05, 0.1) is 6.10 Å². The molecule has 1 saturated heterocycles. The van der Waals surface area contributed by atoms with Crippen LogP contribution in [0.1, 0.15) is 28.9 Å². The average molecular weight is 220 g/mol. The van der Waals surface area contributed by atoms with Gasteiger partial charge >= 0.3 is 0 Å². The van der Waals surface area contributed by atoms with Gasteiger partial charge in [0.15, 0.2) is 0 Å². The molecule has 0 bridgehead atoms. The minimum absolute atomic E-state index is 0.00995. The minimum Gasteiger partial charge on any atom is -0.391 e. The molecular weight excluding hydrogens is 204 g/mol. The molecule has 0 saturated carbocycles. The van der Waals surface area contributed by atoms with Crippen molar-refractivity contribution in [3.63, 3.8) is 0 Å². The Labute approximate surface area is 94.9 Å². The Morgan fingerprint density at radius 1 is 1.62 bits per heavy atom. The number of carbonyl (C=O) groups excluding carboxylic acids is 1. The summed E-state index contributed by atoms with van der Waals surface area (Å²) in [4.78, 5) is 17.9. The Kier molecular flexibility index (Phi) is 3.19. The standard InChI is InChI=1S/C12H16N2O2/c1-9-7-10(4-5-13-9)12(16)14-6-2-3-11(15)8-14/h4-5,7,11,15H,2-3,6,8H2,1H3. The van der Waals surface area contributed by atoms with Crippen LogP contribution in [0.5, 0.6) is 0 Å². The van der Waals surface area contributed by atoms with E-state index in [1.807, 2.05) is 6.92 Å². The number of nitrogens with zero attached hydrogens (tertiary/aromatic N) is 2. The summed E-state index contributed by atoms with van der Waals surface area (Å²) in [6, 6.07) is 3.50. The molecule has 0 aromatic carbocycles. The predicted molar refractivity (Wildman–Crippen MR) is 60.1 cm³/mol. The predicted octanol–water partition coefficient (Wildman–Crippen LogP) is 0.987. The summed E-state index contributed by atoms with van der Waals surface area (Å²) in [7, 11) is 0. The highest BCUT2D eigenvalue weighted by Gasteiger charge is 2.22. The van der Waals surface area contributed by atoms with E-state index in [0.29, 0.717) is 12.1 Å². The van der Waals surface area contributed by atoms with Crippen LogP contribution >= 0.6 is 0 Å². The number of β-amino-alcohol motifs (C(OH)–C–C–N with tert-alkyl or cyclic N) is 1. The zero-order valence-corrected chi connectivity index (χ0v) is 9.39. The summed E-state index contributed by atoms with van der Waals surface area (Å²) in [5.74, 6) is -0.00995. The van der Waals surface area contributed by atoms with Crippen LogP contribution in [0, 0.1) is 6.92 Å². The zero-order chi connectivity index (χ0) is 11.5. The zero-order valence-electron chi connectivity index (χ0n) is 9.39. The smallest absolute Gasteiger partial charge is 0.254 e. The summed E-state index contributed by atoms with van der Waals surface area (Å²) in [5, 5.41) is 9.52. The van der Waals surface area contributed by atoms with Crippen LogP contribution in [0.4, 0.5) is 0 Å². The Morgan fingerprint density at radius 3 is 3.12 bits per heavy atom. The number of aliphatic hydroxyl groups excluding tert-OH is 1. The van der Waals surface area contributed by atoms with Crippen molar-refractivity contribution >= 4 is 5.91 Å². The maximum absolute atomic E-state index is 12.1. The highest BCUT2D eigenvalue weighted by molar-refractivity contribution is 5.94. The first-order chi connectivity index (χ1) is 7.66. The highest BCUT2D eigenvalue weighted by Crippen LogP contribution is 2.13. The monoisotopic (exact) mass is 220 g/mol. The molecule has 1 aromatic heterocycles. The normalized spacial score (nSPS) is 20.9. The lowest BCUT2D eigenvalue weighted by atomic mass is 10.1. The number of aliphatic hydroxyl groups is 1. The van der Waals surface area contributed by atoms with Gasteiger partial charge in [-0.3, -0.25) is 9.78 Å². The number of piperidine rings is 1. The lowest BCUT2D eigenvalue weighted by Gasteiger charge is -2.30. The van der Waals surface area contributed by atoms with Gasteiger partial charge in [-0.15, -0.1) is 0 Å². The molecule has 1 fully saturated rings. The van der Waals surface area contributed by atoms with Crippen LogP contribution in [0.15, 0.2) is 18.3 Å². The van der Waals surface area contributed by atoms with Gasteiger partial charge in [0.1, 0.15) is 0 Å². The minimum atomic E-state index is -0.374. The van der Waals surface area contributed by atoms with Gasteiger partial charge in [-0.1, -0.05) is 0 Å². The lowest BCUT2D eigenvalue weighted by molar-refractivity contribution is 0.0473. The van der Waals surface area contributed by atoms with Crippen LogP contribution in [-0.2, 0) is 0 Å². The van der Waals surface area contributed by atoms with E-state index in [4.69, 9.17) is 0 Å². The van der Waals surface area contributed by atoms with E-state index in [0.717, 1.165) is 25.1 Å². The van der Waals surface area contributed by atoms with Gasteiger partial charge in [0, 0.05) is 30.5 Å². The van der Waals surface area contributed by atoms with E-state index < -0.39 is 0 Å². The Hall–Kier alpha value is -1.42. The second kappa shape index (κ2) is 4.61. The summed E-state index contributed by atoms with van der Waals surface area (Å²) in [6.45, 7) is 3.04. The van der Waals surface area contributed by atoms with Gasteiger partial charge in [-0.25, -0.2) is 0 Å². The summed E-state index contributed by atoms with van der Waals surface area (Å²) < 4.78 is 0. The Bertz CT molecular complexity index is 392. The third-order valence-corrected chi connectivity index (χ3v) is 2.83. The van der Waals surface area contributed by atoms with Crippen LogP contribution in [0.3, 0.4) is 0 Å². The van der Waals surface area contributed by atoms with Crippen molar-refractivity contribution in [3.05, 3.63) is 29.6 Å². The van der Waals surface area contributed by atoms with E-state index in [1.54, 1.807) is 23.2 Å². The molecule has 4 heteroatoms. The third kappa shape index (κ3) is 2.39. The first-order valence-electron chi connectivity index (χ1n) is 5.57. The second-order valence-corrected chi connectivity index (χ2v) is 4.23. The molecule has 16 heavy (non-hydrogen) atoms. The first-order valence-corrected chi connectivity index (χ1v) is 5.57. The van der Waals surface area contributed by atoms with Crippen LogP contribution in [0.25, 0.3) is 0 Å². The molecule has 0 radical (unpaired) electrons. The molecule has 1 amide bonds. The van der Waals surface area contributed by atoms with Gasteiger partial charge in [0.25, 0.3) is 5.91 Å². The molecule has 0 spiro atoms. The van der Waals surface area contributed by atoms with Crippen molar-refractivity contribution in [3.8, 4) is 0 Å². The fourth-order valence-electron chi connectivity index (χ4n) is 2.00. The average Bonchev–Trinajstić information content (AvgIpc) is 2.28. The van der Waals surface area contributed by atoms with Crippen molar-refractivity contribution in [1.82, 2.24) is 9.88 Å². The molecular formula is C12H16N2O2. The molecule has 1 N–H and O–H groups in total. The van der Waals surface area contributed by atoms with Crippen molar-refractivity contribution in [2.24, 2.45) is 0 Å². The molecule has 0 aliphatic carbocycles. The number of rotatable bonds is 1. The van der Waals surface area contributed by atoms with Gasteiger partial charge < -0.3 is 10.0 Å². The maximum atomic E-state index is 12.1. The number of hydrogen-bond donors (Lipinski definition) is 1. The Balaban J connectivity index is 2.12. The van der Waals surface area contributed by atoms with E-state index in [-0.39, 0.29) is 12.0 Å². The van der Waals surface area contributed by atoms with Crippen LogP contribution < -0.4 is 0 Å². The van der Waals surface area contributed by atoms with E-state index in [2.05, 4.69) is 4.98 Å². The first kappa shape index (κ1) is 11.1. The largest absolute Gasteiger partial charge is 0.391 e. The van der Waals surface area contributed by atoms with Crippen molar-refractivity contribution in [1.29, 1.82) is 0 Å². The van der Waals surface area contributed by atoms with Crippen LogP contribution in [0.2, 0.25) is 0 Å². The van der Waals surface area contributed by atoms with Crippen LogP contribution in [-0.4, -0.2) is 40.1 Å². The topological polar surface area (TPSA) is 53.4 Å². The second-order valence-electron chi connectivity index (χ2n) is 4.23. The van der Waals surface area contributed by atoms with E-state index in [9.17, 15) is 9.90 Å². The molecule has 1 aromatic rings. The number of hydrogen-bond acceptors (Lipinski definition) is 3. The van der Waals surface area contributed by atoms with Gasteiger partial charge in [-0.05, 0) is 31.9 Å². The summed E-state index contributed by atoms with van der Waals surface area (Å²) >= 11 is 0. The third-order valence-electron chi connectivity index (χ3n) is 2.83. The van der Waals surface area contributed by atoms with Crippen molar-refractivity contribution in [2.75, 3.05) is 13.1 Å². The summed E-state index contributed by atoms with van der Waals surface area (Å²) in [5.41, 5.74) is 1.49. The molecule has 2 heterocycles. The number of aryl methyl sites for hydroxylation is 1. The van der Waals surface area contributed by atoms with Crippen molar-refractivity contribution in [2.45, 2.75) is 25.9 Å². The summed E-state index contributed by atoms with van der Waals surface area (Å²) in [6.07, 6.45) is 2.93. The fourth-order valence-corrected chi connectivity index (χ4v) is 2.00. The number of aromatic nitrogens is 1. The molecule has 4 nitrogen and oxygen atoms in total. The lowest BCUT2D eigenvalue weighted by Crippen LogP contribution is -2.42. The molecule has 2 rings (SSSR count). The molecule has 1 unspecified atom stereocenters. The Morgan fingerprint density at radius 2 is 2.44 bits per heavy atom. The maximum Gasteiger partial charge on any atom is 0.254 e. The highest BCUT2D eigenvalue weighted by atomic mass is 16.3. The SMILES string of the molecule is Cc1cc(C(=O)N2CCCC(O)C2)ccn1. The number of likely N-dealkylation sites (tertiary alicyclic amines) is 1. The fraction of sp³-hybridized carbons (Fsp3) is 0.500.